The molecule has 1 fully saturated rings. The first-order valence-electron chi connectivity index (χ1n) is 8.87. The number of hydrogen-bond acceptors (Lipinski definition) is 3. The first-order valence-corrected chi connectivity index (χ1v) is 10.1. The van der Waals surface area contributed by atoms with Crippen LogP contribution in [0, 0.1) is 6.92 Å². The lowest BCUT2D eigenvalue weighted by Gasteiger charge is -2.36. The quantitative estimate of drug-likeness (QED) is 0.708. The Bertz CT molecular complexity index is 820. The molecule has 1 spiro atoms. The normalized spacial score (nSPS) is 20.5. The molecule has 2 aromatic rings. The fourth-order valence-corrected chi connectivity index (χ4v) is 4.60. The van der Waals surface area contributed by atoms with Crippen molar-refractivity contribution in [1.82, 2.24) is 0 Å². The first-order chi connectivity index (χ1) is 12.2. The Morgan fingerprint density at radius 3 is 2.48 bits per heavy atom. The van der Waals surface area contributed by atoms with E-state index in [-0.39, 0.29) is 5.54 Å². The van der Waals surface area contributed by atoms with Gasteiger partial charge in [0.15, 0.2) is 11.0 Å². The molecule has 0 bridgehead atoms. The summed E-state index contributed by atoms with van der Waals surface area (Å²) in [5, 5.41) is 1.06. The van der Waals surface area contributed by atoms with Crippen LogP contribution >= 0.6 is 11.8 Å². The Morgan fingerprint density at radius 2 is 1.80 bits per heavy atom. The van der Waals surface area contributed by atoms with Crippen molar-refractivity contribution in [2.24, 2.45) is 9.98 Å². The third kappa shape index (κ3) is 2.89. The second-order valence-electron chi connectivity index (χ2n) is 6.78. The van der Waals surface area contributed by atoms with Gasteiger partial charge >= 0.3 is 0 Å². The van der Waals surface area contributed by atoms with Gasteiger partial charge in [-0.25, -0.2) is 9.98 Å². The van der Waals surface area contributed by atoms with Crippen LogP contribution in [0.4, 0.5) is 11.4 Å². The number of aliphatic imine (C=N–C) groups is 2. The molecule has 0 atom stereocenters. The third-order valence-electron chi connectivity index (χ3n) is 5.10. The summed E-state index contributed by atoms with van der Waals surface area (Å²) in [6.07, 6.45) is 6.79. The maximum atomic E-state index is 5.00. The number of rotatable bonds is 2. The van der Waals surface area contributed by atoms with E-state index in [0.717, 1.165) is 29.5 Å². The van der Waals surface area contributed by atoms with Crippen molar-refractivity contribution in [2.75, 3.05) is 11.2 Å². The van der Waals surface area contributed by atoms with E-state index >= 15 is 0 Å². The molecule has 128 valence electrons. The van der Waals surface area contributed by atoms with E-state index < -0.39 is 0 Å². The van der Waals surface area contributed by atoms with Gasteiger partial charge in [-0.2, -0.15) is 0 Å². The van der Waals surface area contributed by atoms with Crippen molar-refractivity contribution in [3.05, 3.63) is 60.2 Å². The van der Waals surface area contributed by atoms with E-state index in [9.17, 15) is 0 Å². The first kappa shape index (κ1) is 16.4. The number of para-hydroxylation sites is 1. The number of anilines is 1. The topological polar surface area (TPSA) is 28.0 Å². The molecule has 1 saturated carbocycles. The molecule has 0 amide bonds. The van der Waals surface area contributed by atoms with Crippen molar-refractivity contribution in [1.29, 1.82) is 0 Å². The van der Waals surface area contributed by atoms with Gasteiger partial charge < -0.3 is 4.90 Å². The molecule has 0 radical (unpaired) electrons. The Hall–Kier alpha value is -2.07. The van der Waals surface area contributed by atoms with Crippen LogP contribution in [-0.4, -0.2) is 22.8 Å². The Morgan fingerprint density at radius 1 is 1.04 bits per heavy atom. The standard InChI is InChI=1S/C21H23N3S/c1-16-9-8-10-17(15-16)22-19-21(13-6-7-14-21)24(20(23-19)25-2)18-11-4-3-5-12-18/h3-5,8-12,15H,6-7,13-14H2,1-2H3. The molecular weight excluding hydrogens is 326 g/mol. The summed E-state index contributed by atoms with van der Waals surface area (Å²) in [7, 11) is 0. The predicted molar refractivity (Wildman–Crippen MR) is 109 cm³/mol. The summed E-state index contributed by atoms with van der Waals surface area (Å²) in [6.45, 7) is 2.11. The van der Waals surface area contributed by atoms with E-state index in [1.165, 1.54) is 24.1 Å². The van der Waals surface area contributed by atoms with Gasteiger partial charge in [-0.15, -0.1) is 0 Å². The molecule has 2 aromatic carbocycles. The number of aryl methyl sites for hydroxylation is 1. The van der Waals surface area contributed by atoms with Crippen LogP contribution < -0.4 is 4.90 Å². The van der Waals surface area contributed by atoms with Gasteiger partial charge in [0.25, 0.3) is 0 Å². The molecule has 4 heteroatoms. The van der Waals surface area contributed by atoms with Gasteiger partial charge in [0.05, 0.1) is 5.69 Å². The Kier molecular flexibility index (Phi) is 4.38. The van der Waals surface area contributed by atoms with Crippen molar-refractivity contribution in [3.8, 4) is 0 Å². The Balaban J connectivity index is 1.83. The molecule has 25 heavy (non-hydrogen) atoms. The highest BCUT2D eigenvalue weighted by Gasteiger charge is 2.50. The second-order valence-corrected chi connectivity index (χ2v) is 7.56. The van der Waals surface area contributed by atoms with E-state index in [1.807, 2.05) is 0 Å². The number of nitrogens with zero attached hydrogens (tertiary/aromatic N) is 3. The van der Waals surface area contributed by atoms with Crippen LogP contribution in [0.3, 0.4) is 0 Å². The van der Waals surface area contributed by atoms with Crippen LogP contribution in [0.15, 0.2) is 64.6 Å². The molecule has 1 heterocycles. The van der Waals surface area contributed by atoms with Gasteiger partial charge in [-0.3, -0.25) is 0 Å². The molecule has 0 N–H and O–H groups in total. The molecule has 4 rings (SSSR count). The van der Waals surface area contributed by atoms with Gasteiger partial charge in [-0.05, 0) is 55.9 Å². The minimum atomic E-state index is -0.0938. The van der Waals surface area contributed by atoms with Crippen molar-refractivity contribution in [3.63, 3.8) is 0 Å². The van der Waals surface area contributed by atoms with Crippen LogP contribution in [0.25, 0.3) is 0 Å². The maximum Gasteiger partial charge on any atom is 0.170 e. The van der Waals surface area contributed by atoms with Crippen molar-refractivity contribution in [2.45, 2.75) is 38.1 Å². The van der Waals surface area contributed by atoms with E-state index in [2.05, 4.69) is 72.7 Å². The van der Waals surface area contributed by atoms with Crippen LogP contribution in [0.5, 0.6) is 0 Å². The molecule has 0 unspecified atom stereocenters. The van der Waals surface area contributed by atoms with Gasteiger partial charge in [-0.1, -0.05) is 54.9 Å². The van der Waals surface area contributed by atoms with Crippen LogP contribution in [0.2, 0.25) is 0 Å². The van der Waals surface area contributed by atoms with Gasteiger partial charge in [0.1, 0.15) is 5.54 Å². The third-order valence-corrected chi connectivity index (χ3v) is 5.74. The highest BCUT2D eigenvalue weighted by atomic mass is 32.2. The lowest BCUT2D eigenvalue weighted by Crippen LogP contribution is -2.49. The zero-order valence-corrected chi connectivity index (χ0v) is 15.6. The summed E-state index contributed by atoms with van der Waals surface area (Å²) in [5.41, 5.74) is 3.35. The van der Waals surface area contributed by atoms with Crippen LogP contribution in [-0.2, 0) is 0 Å². The molecule has 3 nitrogen and oxygen atoms in total. The largest absolute Gasteiger partial charge is 0.307 e. The highest BCUT2D eigenvalue weighted by molar-refractivity contribution is 8.13. The molecule has 0 aromatic heterocycles. The van der Waals surface area contributed by atoms with E-state index in [4.69, 9.17) is 9.98 Å². The average Bonchev–Trinajstić information content (AvgIpc) is 3.22. The monoisotopic (exact) mass is 349 g/mol. The lowest BCUT2D eigenvalue weighted by atomic mass is 9.94. The van der Waals surface area contributed by atoms with Gasteiger partial charge in [0.2, 0.25) is 0 Å². The SMILES string of the molecule is CSC1=NC(=Nc2cccc(C)c2)C2(CCCC2)N1c1ccccc1. The summed E-state index contributed by atoms with van der Waals surface area (Å²) in [6, 6.07) is 19.0. The minimum absolute atomic E-state index is 0.0938. The minimum Gasteiger partial charge on any atom is -0.307 e. The smallest absolute Gasteiger partial charge is 0.170 e. The van der Waals surface area contributed by atoms with Crippen LogP contribution in [0.1, 0.15) is 31.2 Å². The summed E-state index contributed by atoms with van der Waals surface area (Å²) in [5.74, 6) is 0.976. The fraction of sp³-hybridized carbons (Fsp3) is 0.333. The van der Waals surface area contributed by atoms with Gasteiger partial charge in [0, 0.05) is 5.69 Å². The fourth-order valence-electron chi connectivity index (χ4n) is 3.96. The summed E-state index contributed by atoms with van der Waals surface area (Å²) >= 11 is 1.71. The second kappa shape index (κ2) is 6.68. The average molecular weight is 350 g/mol. The predicted octanol–water partition coefficient (Wildman–Crippen LogP) is 5.58. The zero-order valence-electron chi connectivity index (χ0n) is 14.8. The highest BCUT2D eigenvalue weighted by Crippen LogP contribution is 2.45. The number of amidine groups is 2. The van der Waals surface area contributed by atoms with Crippen molar-refractivity contribution < 1.29 is 0 Å². The zero-order chi connectivity index (χ0) is 17.3. The summed E-state index contributed by atoms with van der Waals surface area (Å²) < 4.78 is 0. The summed E-state index contributed by atoms with van der Waals surface area (Å²) in [4.78, 5) is 12.4. The molecular formula is C21H23N3S. The molecule has 2 aliphatic rings. The number of hydrogen-bond donors (Lipinski definition) is 0. The number of thioether (sulfide) groups is 1. The molecule has 0 saturated heterocycles. The molecule has 1 aliphatic carbocycles. The van der Waals surface area contributed by atoms with Crippen molar-refractivity contribution >= 4 is 34.1 Å². The lowest BCUT2D eigenvalue weighted by molar-refractivity contribution is 0.592. The Labute approximate surface area is 153 Å². The van der Waals surface area contributed by atoms with E-state index in [0.29, 0.717) is 0 Å². The molecule has 1 aliphatic heterocycles. The van der Waals surface area contributed by atoms with E-state index in [1.54, 1.807) is 11.8 Å². The number of benzene rings is 2. The maximum absolute atomic E-state index is 5.00.